The molecule has 3 aromatic rings. The maximum absolute atomic E-state index is 5.63. The molecule has 0 spiro atoms. The molecule has 0 unspecified atom stereocenters. The molecule has 2 aromatic carbocycles. The van der Waals surface area contributed by atoms with Crippen LogP contribution in [0.2, 0.25) is 0 Å². The Bertz CT molecular complexity index is 770. The SMILES string of the molecule is Cc1ccc(-c2nnc(SC(=S)Nc3ccccc3)o2)cc1. The third-order valence-corrected chi connectivity index (χ3v) is 3.88. The van der Waals surface area contributed by atoms with E-state index in [0.29, 0.717) is 15.4 Å². The van der Waals surface area contributed by atoms with Crippen LogP contribution in [0.1, 0.15) is 5.56 Å². The van der Waals surface area contributed by atoms with Gasteiger partial charge in [-0.2, -0.15) is 0 Å². The van der Waals surface area contributed by atoms with E-state index in [2.05, 4.69) is 15.5 Å². The van der Waals surface area contributed by atoms with E-state index in [1.807, 2.05) is 61.5 Å². The highest BCUT2D eigenvalue weighted by Gasteiger charge is 2.11. The number of anilines is 1. The monoisotopic (exact) mass is 327 g/mol. The zero-order valence-electron chi connectivity index (χ0n) is 11.8. The first-order valence-electron chi connectivity index (χ1n) is 6.65. The molecule has 4 nitrogen and oxygen atoms in total. The quantitative estimate of drug-likeness (QED) is 0.563. The number of rotatable bonds is 3. The highest BCUT2D eigenvalue weighted by Crippen LogP contribution is 2.24. The second-order valence-electron chi connectivity index (χ2n) is 4.62. The van der Waals surface area contributed by atoms with Crippen molar-refractivity contribution < 1.29 is 4.42 Å². The second-order valence-corrected chi connectivity index (χ2v) is 6.25. The van der Waals surface area contributed by atoms with Gasteiger partial charge in [-0.15, -0.1) is 10.2 Å². The summed E-state index contributed by atoms with van der Waals surface area (Å²) in [5.74, 6) is 0.491. The lowest BCUT2D eigenvalue weighted by molar-refractivity contribution is 0.467. The molecule has 22 heavy (non-hydrogen) atoms. The molecule has 0 atom stereocenters. The molecule has 110 valence electrons. The molecule has 0 aliphatic heterocycles. The smallest absolute Gasteiger partial charge is 0.283 e. The highest BCUT2D eigenvalue weighted by molar-refractivity contribution is 8.23. The molecule has 0 bridgehead atoms. The van der Waals surface area contributed by atoms with Gasteiger partial charge in [-0.1, -0.05) is 48.1 Å². The lowest BCUT2D eigenvalue weighted by Crippen LogP contribution is -2.03. The van der Waals surface area contributed by atoms with Crippen molar-refractivity contribution in [1.82, 2.24) is 10.2 Å². The first-order chi connectivity index (χ1) is 10.7. The van der Waals surface area contributed by atoms with Crippen molar-refractivity contribution in [3.63, 3.8) is 0 Å². The van der Waals surface area contributed by atoms with Crippen molar-refractivity contribution in [2.75, 3.05) is 5.32 Å². The summed E-state index contributed by atoms with van der Waals surface area (Å²) in [6, 6.07) is 17.7. The molecule has 0 saturated heterocycles. The van der Waals surface area contributed by atoms with Gasteiger partial charge in [-0.25, -0.2) is 0 Å². The molecular weight excluding hydrogens is 314 g/mol. The summed E-state index contributed by atoms with van der Waals surface area (Å²) in [5.41, 5.74) is 3.01. The van der Waals surface area contributed by atoms with Crippen LogP contribution in [0.25, 0.3) is 11.5 Å². The van der Waals surface area contributed by atoms with E-state index in [9.17, 15) is 0 Å². The van der Waals surface area contributed by atoms with E-state index in [0.717, 1.165) is 11.3 Å². The van der Waals surface area contributed by atoms with Crippen LogP contribution in [-0.4, -0.2) is 14.5 Å². The molecule has 0 aliphatic rings. The Morgan fingerprint density at radius 3 is 2.50 bits per heavy atom. The molecule has 0 saturated carbocycles. The van der Waals surface area contributed by atoms with Crippen LogP contribution in [0.15, 0.2) is 64.2 Å². The molecule has 1 aromatic heterocycles. The van der Waals surface area contributed by atoms with Crippen LogP contribution >= 0.6 is 24.0 Å². The molecule has 6 heteroatoms. The van der Waals surface area contributed by atoms with Crippen LogP contribution in [0.4, 0.5) is 5.69 Å². The number of thiocarbonyl (C=S) groups is 1. The van der Waals surface area contributed by atoms with Crippen molar-refractivity contribution in [2.45, 2.75) is 12.1 Å². The summed E-state index contributed by atoms with van der Waals surface area (Å²) < 4.78 is 6.19. The average molecular weight is 327 g/mol. The first kappa shape index (κ1) is 14.7. The van der Waals surface area contributed by atoms with Gasteiger partial charge in [-0.3, -0.25) is 0 Å². The summed E-state index contributed by atoms with van der Waals surface area (Å²) >= 11 is 6.52. The van der Waals surface area contributed by atoms with Gasteiger partial charge in [0.15, 0.2) is 0 Å². The predicted molar refractivity (Wildman–Crippen MR) is 93.0 cm³/mol. The van der Waals surface area contributed by atoms with Gasteiger partial charge in [0.2, 0.25) is 5.89 Å². The van der Waals surface area contributed by atoms with Crippen molar-refractivity contribution >= 4 is 34.0 Å². The van der Waals surface area contributed by atoms with E-state index >= 15 is 0 Å². The lowest BCUT2D eigenvalue weighted by Gasteiger charge is -2.04. The number of benzene rings is 2. The molecule has 3 rings (SSSR count). The minimum atomic E-state index is 0.420. The maximum Gasteiger partial charge on any atom is 0.283 e. The third kappa shape index (κ3) is 3.72. The minimum absolute atomic E-state index is 0.420. The van der Waals surface area contributed by atoms with Crippen LogP contribution in [0, 0.1) is 6.92 Å². The molecule has 1 N–H and O–H groups in total. The van der Waals surface area contributed by atoms with Crippen LogP contribution < -0.4 is 5.32 Å². The number of hydrogen-bond acceptors (Lipinski definition) is 5. The van der Waals surface area contributed by atoms with E-state index < -0.39 is 0 Å². The van der Waals surface area contributed by atoms with Crippen LogP contribution in [0.5, 0.6) is 0 Å². The van der Waals surface area contributed by atoms with Gasteiger partial charge in [0, 0.05) is 23.0 Å². The van der Waals surface area contributed by atoms with Crippen LogP contribution in [-0.2, 0) is 0 Å². The van der Waals surface area contributed by atoms with Gasteiger partial charge in [0.1, 0.15) is 4.32 Å². The largest absolute Gasteiger partial charge is 0.411 e. The molecule has 0 aliphatic carbocycles. The number of aromatic nitrogens is 2. The number of para-hydroxylation sites is 1. The van der Waals surface area contributed by atoms with Crippen molar-refractivity contribution in [3.05, 3.63) is 60.2 Å². The van der Waals surface area contributed by atoms with Crippen LogP contribution in [0.3, 0.4) is 0 Å². The molecule has 0 amide bonds. The summed E-state index contributed by atoms with van der Waals surface area (Å²) in [4.78, 5) is 0. The van der Waals surface area contributed by atoms with Crippen molar-refractivity contribution in [1.29, 1.82) is 0 Å². The standard InChI is InChI=1S/C16H13N3OS2/c1-11-7-9-12(10-8-11)14-18-19-15(20-14)22-16(21)17-13-5-3-2-4-6-13/h2-10H,1H3,(H,17,21). The number of hydrogen-bond donors (Lipinski definition) is 1. The van der Waals surface area contributed by atoms with Gasteiger partial charge in [0.05, 0.1) is 0 Å². The molecule has 0 fully saturated rings. The van der Waals surface area contributed by atoms with Gasteiger partial charge >= 0.3 is 0 Å². The number of nitrogens with zero attached hydrogens (tertiary/aromatic N) is 2. The fourth-order valence-corrected chi connectivity index (χ4v) is 2.67. The zero-order chi connectivity index (χ0) is 15.4. The molecule has 1 heterocycles. The van der Waals surface area contributed by atoms with Gasteiger partial charge in [-0.05, 0) is 31.2 Å². The summed E-state index contributed by atoms with van der Waals surface area (Å²) in [7, 11) is 0. The minimum Gasteiger partial charge on any atom is -0.411 e. The van der Waals surface area contributed by atoms with Crippen molar-refractivity contribution in [2.24, 2.45) is 0 Å². The number of nitrogens with one attached hydrogen (secondary N) is 1. The Hall–Kier alpha value is -2.18. The normalized spacial score (nSPS) is 10.4. The third-order valence-electron chi connectivity index (χ3n) is 2.91. The van der Waals surface area contributed by atoms with E-state index in [-0.39, 0.29) is 0 Å². The zero-order valence-corrected chi connectivity index (χ0v) is 13.4. The average Bonchev–Trinajstić information content (AvgIpc) is 2.97. The topological polar surface area (TPSA) is 51.0 Å². The van der Waals surface area contributed by atoms with Gasteiger partial charge < -0.3 is 9.73 Å². The maximum atomic E-state index is 5.63. The Morgan fingerprint density at radius 1 is 1.05 bits per heavy atom. The number of thioether (sulfide) groups is 1. The fourth-order valence-electron chi connectivity index (χ4n) is 1.81. The van der Waals surface area contributed by atoms with Crippen molar-refractivity contribution in [3.8, 4) is 11.5 Å². The molecular formula is C16H13N3OS2. The Kier molecular flexibility index (Phi) is 4.50. The summed E-state index contributed by atoms with van der Waals surface area (Å²) in [6.07, 6.45) is 0. The Labute approximate surface area is 138 Å². The Balaban J connectivity index is 1.66. The van der Waals surface area contributed by atoms with E-state index in [1.165, 1.54) is 17.3 Å². The fraction of sp³-hybridized carbons (Fsp3) is 0.0625. The number of aryl methyl sites for hydroxylation is 1. The predicted octanol–water partition coefficient (Wildman–Crippen LogP) is 4.53. The first-order valence-corrected chi connectivity index (χ1v) is 7.87. The summed E-state index contributed by atoms with van der Waals surface area (Å²) in [6.45, 7) is 2.03. The van der Waals surface area contributed by atoms with E-state index in [1.54, 1.807) is 0 Å². The summed E-state index contributed by atoms with van der Waals surface area (Å²) in [5, 5.41) is 11.6. The Morgan fingerprint density at radius 2 is 1.77 bits per heavy atom. The van der Waals surface area contributed by atoms with Gasteiger partial charge in [0.25, 0.3) is 5.22 Å². The lowest BCUT2D eigenvalue weighted by atomic mass is 10.1. The highest BCUT2D eigenvalue weighted by atomic mass is 32.2. The van der Waals surface area contributed by atoms with E-state index in [4.69, 9.17) is 16.6 Å². The second kappa shape index (κ2) is 6.72. The molecule has 0 radical (unpaired) electrons.